The molecule has 1 aliphatic rings. The molecule has 5 N–H and O–H groups in total. The molecular formula is C12H14Cl3N3O7. The number of aliphatic hydroxyl groups excluding tert-OH is 3. The van der Waals surface area contributed by atoms with E-state index in [1.807, 2.05) is 0 Å². The van der Waals surface area contributed by atoms with Crippen molar-refractivity contribution in [2.45, 2.75) is 27.8 Å². The maximum Gasteiger partial charge on any atom is 0.346 e. The summed E-state index contributed by atoms with van der Waals surface area (Å²) in [5, 5.41) is 32.3. The maximum absolute atomic E-state index is 12.2. The molecule has 0 spiro atoms. The molecule has 0 amide bonds. The molecule has 10 nitrogen and oxygen atoms in total. The lowest BCUT2D eigenvalue weighted by atomic mass is 9.96. The highest BCUT2D eigenvalue weighted by Gasteiger charge is 2.60. The number of esters is 1. The molecule has 2 rings (SSSR count). The first-order chi connectivity index (χ1) is 11.6. The topological polar surface area (TPSA) is 154 Å². The van der Waals surface area contributed by atoms with E-state index in [1.54, 1.807) is 0 Å². The fraction of sp³-hybridized carbons (Fsp3) is 0.583. The number of hydrogen-bond acceptors (Lipinski definition) is 9. The number of aliphatic hydroxyl groups is 3. The summed E-state index contributed by atoms with van der Waals surface area (Å²) in [5.41, 5.74) is -2.98. The van der Waals surface area contributed by atoms with Crippen LogP contribution in [0.15, 0.2) is 17.1 Å². The highest BCUT2D eigenvalue weighted by molar-refractivity contribution is 6.67. The minimum atomic E-state index is -2.31. The average Bonchev–Trinajstić information content (AvgIpc) is 2.77. The molecule has 0 saturated carbocycles. The Bertz CT molecular complexity index is 682. The van der Waals surface area contributed by atoms with Crippen molar-refractivity contribution in [1.82, 2.24) is 9.97 Å². The number of carbonyl (C=O) groups is 1. The summed E-state index contributed by atoms with van der Waals surface area (Å²) in [7, 11) is 0. The molecule has 13 heteroatoms. The minimum Gasteiger partial charge on any atom is -0.459 e. The quantitative estimate of drug-likeness (QED) is 0.296. The molecule has 1 aromatic heterocycles. The first kappa shape index (κ1) is 20.2. The van der Waals surface area contributed by atoms with Crippen LogP contribution >= 0.6 is 34.8 Å². The maximum atomic E-state index is 12.2. The van der Waals surface area contributed by atoms with Crippen LogP contribution in [0.25, 0.3) is 0 Å². The Morgan fingerprint density at radius 2 is 2.16 bits per heavy atom. The molecule has 2 heterocycles. The summed E-state index contributed by atoms with van der Waals surface area (Å²) in [4.78, 5) is 29.1. The van der Waals surface area contributed by atoms with Crippen LogP contribution in [0.2, 0.25) is 0 Å². The van der Waals surface area contributed by atoms with E-state index in [9.17, 15) is 24.9 Å². The SMILES string of the molecule is O=C(OCC(Cl)(Cl)Cl)[C@]1(CO)O[C@@H](Nc2ccnc(=O)[nH]2)[C@@H](O)[C@@H]1O. The number of aromatic amines is 1. The predicted molar refractivity (Wildman–Crippen MR) is 86.4 cm³/mol. The van der Waals surface area contributed by atoms with E-state index in [4.69, 9.17) is 44.3 Å². The third-order valence-corrected chi connectivity index (χ3v) is 3.70. The van der Waals surface area contributed by atoms with Crippen molar-refractivity contribution in [3.63, 3.8) is 0 Å². The zero-order valence-corrected chi connectivity index (χ0v) is 14.6. The lowest BCUT2D eigenvalue weighted by Crippen LogP contribution is -2.54. The Morgan fingerprint density at radius 3 is 2.72 bits per heavy atom. The number of alkyl halides is 3. The fourth-order valence-electron chi connectivity index (χ4n) is 2.16. The molecule has 4 atom stereocenters. The minimum absolute atomic E-state index is 0.0969. The van der Waals surface area contributed by atoms with Gasteiger partial charge in [-0.2, -0.15) is 0 Å². The van der Waals surface area contributed by atoms with Gasteiger partial charge in [0, 0.05) is 6.20 Å². The first-order valence-electron chi connectivity index (χ1n) is 6.80. The van der Waals surface area contributed by atoms with E-state index in [2.05, 4.69) is 15.3 Å². The molecule has 0 aliphatic carbocycles. The van der Waals surface area contributed by atoms with Crippen LogP contribution in [0.1, 0.15) is 0 Å². The van der Waals surface area contributed by atoms with Crippen LogP contribution < -0.4 is 11.0 Å². The summed E-state index contributed by atoms with van der Waals surface area (Å²) < 4.78 is 8.11. The number of rotatable bonds is 5. The molecule has 0 bridgehead atoms. The van der Waals surface area contributed by atoms with Gasteiger partial charge in [-0.15, -0.1) is 0 Å². The Labute approximate surface area is 155 Å². The molecule has 0 radical (unpaired) electrons. The number of aromatic nitrogens is 2. The summed E-state index contributed by atoms with van der Waals surface area (Å²) in [5.74, 6) is -1.14. The van der Waals surface area contributed by atoms with Crippen LogP contribution in [0.4, 0.5) is 5.82 Å². The normalized spacial score (nSPS) is 29.4. The van der Waals surface area contributed by atoms with Gasteiger partial charge in [0.25, 0.3) is 0 Å². The fourth-order valence-corrected chi connectivity index (χ4v) is 2.33. The predicted octanol–water partition coefficient (Wildman–Crippen LogP) is -1.10. The van der Waals surface area contributed by atoms with Gasteiger partial charge in [-0.05, 0) is 6.07 Å². The van der Waals surface area contributed by atoms with Crippen molar-refractivity contribution in [3.05, 3.63) is 22.7 Å². The van der Waals surface area contributed by atoms with Gasteiger partial charge in [-0.3, -0.25) is 4.98 Å². The van der Waals surface area contributed by atoms with E-state index in [0.29, 0.717) is 0 Å². The van der Waals surface area contributed by atoms with Crippen LogP contribution in [0.5, 0.6) is 0 Å². The Balaban J connectivity index is 2.17. The van der Waals surface area contributed by atoms with E-state index >= 15 is 0 Å². The van der Waals surface area contributed by atoms with Crippen molar-refractivity contribution >= 4 is 46.6 Å². The number of halogens is 3. The van der Waals surface area contributed by atoms with Gasteiger partial charge in [-0.25, -0.2) is 14.6 Å². The van der Waals surface area contributed by atoms with Crippen LogP contribution in [-0.4, -0.2) is 72.3 Å². The summed E-state index contributed by atoms with van der Waals surface area (Å²) >= 11 is 16.4. The molecule has 0 aromatic carbocycles. The zero-order chi connectivity index (χ0) is 18.8. The number of carbonyl (C=O) groups excluding carboxylic acids is 1. The number of hydrogen-bond donors (Lipinski definition) is 5. The summed E-state index contributed by atoms with van der Waals surface area (Å²) in [6.07, 6.45) is -3.68. The third-order valence-electron chi connectivity index (χ3n) is 3.37. The van der Waals surface area contributed by atoms with E-state index < -0.39 is 52.7 Å². The van der Waals surface area contributed by atoms with Crippen LogP contribution in [0.3, 0.4) is 0 Å². The molecular weight excluding hydrogens is 405 g/mol. The average molecular weight is 419 g/mol. The second-order valence-electron chi connectivity index (χ2n) is 5.15. The Morgan fingerprint density at radius 1 is 1.48 bits per heavy atom. The van der Waals surface area contributed by atoms with Crippen molar-refractivity contribution in [2.75, 3.05) is 18.5 Å². The van der Waals surface area contributed by atoms with Gasteiger partial charge in [0.2, 0.25) is 9.39 Å². The van der Waals surface area contributed by atoms with Gasteiger partial charge in [0.1, 0.15) is 24.6 Å². The van der Waals surface area contributed by atoms with Crippen LogP contribution in [-0.2, 0) is 14.3 Å². The molecule has 1 aromatic rings. The number of nitrogens with zero attached hydrogens (tertiary/aromatic N) is 1. The highest BCUT2D eigenvalue weighted by atomic mass is 35.6. The van der Waals surface area contributed by atoms with Gasteiger partial charge in [0.05, 0.1) is 6.61 Å². The monoisotopic (exact) mass is 417 g/mol. The van der Waals surface area contributed by atoms with Gasteiger partial charge < -0.3 is 30.1 Å². The van der Waals surface area contributed by atoms with Crippen molar-refractivity contribution in [2.24, 2.45) is 0 Å². The van der Waals surface area contributed by atoms with E-state index in [1.165, 1.54) is 12.3 Å². The zero-order valence-electron chi connectivity index (χ0n) is 12.4. The lowest BCUT2D eigenvalue weighted by molar-refractivity contribution is -0.184. The van der Waals surface area contributed by atoms with Crippen LogP contribution in [0, 0.1) is 0 Å². The smallest absolute Gasteiger partial charge is 0.346 e. The van der Waals surface area contributed by atoms with Crippen molar-refractivity contribution in [1.29, 1.82) is 0 Å². The standard InChI is InChI=1S/C12H14Cl3N3O7/c13-12(14,15)4-24-9(22)11(3-19)7(21)6(20)8(25-11)17-5-1-2-16-10(23)18-5/h1-2,6-8,19-21H,3-4H2,(H2,16,17,18,23)/t6-,7-,8+,11+/m0/s1. The number of nitrogens with one attached hydrogen (secondary N) is 2. The van der Waals surface area contributed by atoms with Crippen molar-refractivity contribution < 1.29 is 29.6 Å². The molecule has 25 heavy (non-hydrogen) atoms. The van der Waals surface area contributed by atoms with Gasteiger partial charge in [0.15, 0.2) is 6.23 Å². The second kappa shape index (κ2) is 7.62. The Kier molecular flexibility index (Phi) is 6.15. The van der Waals surface area contributed by atoms with Gasteiger partial charge >= 0.3 is 11.7 Å². The third kappa shape index (κ3) is 4.53. The number of ether oxygens (including phenoxy) is 2. The first-order valence-corrected chi connectivity index (χ1v) is 7.93. The molecule has 1 saturated heterocycles. The molecule has 0 unspecified atom stereocenters. The van der Waals surface area contributed by atoms with Gasteiger partial charge in [-0.1, -0.05) is 34.8 Å². The molecule has 1 fully saturated rings. The number of H-pyrrole nitrogens is 1. The molecule has 1 aliphatic heterocycles. The van der Waals surface area contributed by atoms with Crippen molar-refractivity contribution in [3.8, 4) is 0 Å². The largest absolute Gasteiger partial charge is 0.459 e. The van der Waals surface area contributed by atoms with E-state index in [0.717, 1.165) is 0 Å². The highest BCUT2D eigenvalue weighted by Crippen LogP contribution is 2.34. The van der Waals surface area contributed by atoms with E-state index in [-0.39, 0.29) is 5.82 Å². The summed E-state index contributed by atoms with van der Waals surface area (Å²) in [6.45, 7) is -1.69. The summed E-state index contributed by atoms with van der Waals surface area (Å²) in [6, 6.07) is 1.35. The lowest BCUT2D eigenvalue weighted by Gasteiger charge is -2.28. The number of anilines is 1. The molecule has 140 valence electrons. The second-order valence-corrected chi connectivity index (χ2v) is 7.66. The Hall–Kier alpha value is -1.14.